The summed E-state index contributed by atoms with van der Waals surface area (Å²) in [4.78, 5) is 4.33. The number of nitrogens with zero attached hydrogens (tertiary/aromatic N) is 1. The monoisotopic (exact) mass is 206 g/mol. The molecule has 0 aromatic heterocycles. The first-order chi connectivity index (χ1) is 7.28. The molecule has 1 heterocycles. The summed E-state index contributed by atoms with van der Waals surface area (Å²) in [5, 5.41) is 9.13. The first-order valence-electron chi connectivity index (χ1n) is 4.95. The summed E-state index contributed by atoms with van der Waals surface area (Å²) >= 11 is 0. The lowest BCUT2D eigenvalue weighted by Gasteiger charge is -2.04. The van der Waals surface area contributed by atoms with E-state index in [1.165, 1.54) is 0 Å². The van der Waals surface area contributed by atoms with Crippen molar-refractivity contribution in [1.82, 2.24) is 0 Å². The molecule has 0 spiro atoms. The van der Waals surface area contributed by atoms with Crippen molar-refractivity contribution in [2.45, 2.75) is 12.5 Å². The predicted octanol–water partition coefficient (Wildman–Crippen LogP) is 0.691. The molecule has 1 aromatic rings. The van der Waals surface area contributed by atoms with Crippen LogP contribution in [-0.4, -0.2) is 30.2 Å². The molecule has 1 atom stereocenters. The molecule has 4 heteroatoms. The molecule has 0 saturated carbocycles. The van der Waals surface area contributed by atoms with Gasteiger partial charge in [0.05, 0.1) is 12.6 Å². The fourth-order valence-corrected chi connectivity index (χ4v) is 1.59. The Kier molecular flexibility index (Phi) is 2.87. The second kappa shape index (κ2) is 4.31. The first-order valence-corrected chi connectivity index (χ1v) is 4.95. The largest absolute Gasteiger partial charge is 0.508 e. The SMILES string of the molecule is NCC1=NC(Cc2ccc(O)cc2)CO1. The predicted molar refractivity (Wildman–Crippen MR) is 58.0 cm³/mol. The van der Waals surface area contributed by atoms with Crippen molar-refractivity contribution >= 4 is 5.90 Å². The minimum atomic E-state index is 0.160. The summed E-state index contributed by atoms with van der Waals surface area (Å²) in [5.41, 5.74) is 6.56. The summed E-state index contributed by atoms with van der Waals surface area (Å²) in [6.07, 6.45) is 0.823. The Morgan fingerprint density at radius 1 is 1.40 bits per heavy atom. The van der Waals surface area contributed by atoms with Gasteiger partial charge in [-0.25, -0.2) is 4.99 Å². The van der Waals surface area contributed by atoms with E-state index in [4.69, 9.17) is 15.6 Å². The number of phenols is 1. The van der Waals surface area contributed by atoms with Gasteiger partial charge in [0.15, 0.2) is 5.90 Å². The molecule has 1 aromatic carbocycles. The maximum Gasteiger partial charge on any atom is 0.197 e. The van der Waals surface area contributed by atoms with Crippen LogP contribution >= 0.6 is 0 Å². The molecule has 1 aliphatic rings. The molecule has 1 aliphatic heterocycles. The molecular weight excluding hydrogens is 192 g/mol. The fourth-order valence-electron chi connectivity index (χ4n) is 1.59. The van der Waals surface area contributed by atoms with E-state index in [0.717, 1.165) is 12.0 Å². The number of benzene rings is 1. The third-order valence-electron chi connectivity index (χ3n) is 2.35. The van der Waals surface area contributed by atoms with Crippen molar-refractivity contribution < 1.29 is 9.84 Å². The second-order valence-corrected chi connectivity index (χ2v) is 3.56. The van der Waals surface area contributed by atoms with Gasteiger partial charge >= 0.3 is 0 Å². The molecule has 2 rings (SSSR count). The lowest BCUT2D eigenvalue weighted by molar-refractivity contribution is 0.312. The number of hydrogen-bond donors (Lipinski definition) is 2. The zero-order valence-electron chi connectivity index (χ0n) is 8.39. The number of nitrogens with two attached hydrogens (primary N) is 1. The van der Waals surface area contributed by atoms with E-state index >= 15 is 0 Å². The molecule has 0 saturated heterocycles. The van der Waals surface area contributed by atoms with Gasteiger partial charge in [0, 0.05) is 0 Å². The molecule has 0 fully saturated rings. The van der Waals surface area contributed by atoms with Crippen molar-refractivity contribution in [3.05, 3.63) is 29.8 Å². The average molecular weight is 206 g/mol. The maximum atomic E-state index is 9.13. The topological polar surface area (TPSA) is 67.8 Å². The third kappa shape index (κ3) is 2.47. The van der Waals surface area contributed by atoms with Crippen LogP contribution in [0.3, 0.4) is 0 Å². The molecule has 3 N–H and O–H groups in total. The lowest BCUT2D eigenvalue weighted by Crippen LogP contribution is -2.13. The Hall–Kier alpha value is -1.55. The van der Waals surface area contributed by atoms with Crippen molar-refractivity contribution in [2.75, 3.05) is 13.2 Å². The fraction of sp³-hybridized carbons (Fsp3) is 0.364. The summed E-state index contributed by atoms with van der Waals surface area (Å²) in [7, 11) is 0. The average Bonchev–Trinajstić information content (AvgIpc) is 2.69. The van der Waals surface area contributed by atoms with E-state index in [-0.39, 0.29) is 11.8 Å². The van der Waals surface area contributed by atoms with Gasteiger partial charge in [-0.2, -0.15) is 0 Å². The van der Waals surface area contributed by atoms with Crippen LogP contribution in [0.2, 0.25) is 0 Å². The van der Waals surface area contributed by atoms with Gasteiger partial charge < -0.3 is 15.6 Å². The molecule has 0 aliphatic carbocycles. The molecule has 1 unspecified atom stereocenters. The highest BCUT2D eigenvalue weighted by Gasteiger charge is 2.17. The number of hydrogen-bond acceptors (Lipinski definition) is 4. The zero-order valence-corrected chi connectivity index (χ0v) is 8.39. The smallest absolute Gasteiger partial charge is 0.197 e. The van der Waals surface area contributed by atoms with Gasteiger partial charge in [-0.05, 0) is 24.1 Å². The molecule has 0 radical (unpaired) electrons. The van der Waals surface area contributed by atoms with E-state index in [1.807, 2.05) is 12.1 Å². The maximum absolute atomic E-state index is 9.13. The van der Waals surface area contributed by atoms with Crippen molar-refractivity contribution in [3.63, 3.8) is 0 Å². The van der Waals surface area contributed by atoms with Crippen LogP contribution in [0.15, 0.2) is 29.3 Å². The summed E-state index contributed by atoms with van der Waals surface area (Å²) in [6.45, 7) is 0.972. The standard InChI is InChI=1S/C11H14N2O2/c12-6-11-13-9(7-15-11)5-8-1-3-10(14)4-2-8/h1-4,9,14H,5-7,12H2. The van der Waals surface area contributed by atoms with Crippen molar-refractivity contribution in [2.24, 2.45) is 10.7 Å². The molecule has 80 valence electrons. The van der Waals surface area contributed by atoms with Crippen molar-refractivity contribution in [3.8, 4) is 5.75 Å². The zero-order chi connectivity index (χ0) is 10.7. The molecule has 0 amide bonds. The highest BCUT2D eigenvalue weighted by Crippen LogP contribution is 2.14. The van der Waals surface area contributed by atoms with E-state index in [0.29, 0.717) is 19.0 Å². The van der Waals surface area contributed by atoms with Crippen LogP contribution in [0.4, 0.5) is 0 Å². The summed E-state index contributed by atoms with van der Waals surface area (Å²) in [5.74, 6) is 0.923. The second-order valence-electron chi connectivity index (χ2n) is 3.56. The van der Waals surface area contributed by atoms with Gasteiger partial charge in [-0.3, -0.25) is 0 Å². The Labute approximate surface area is 88.4 Å². The van der Waals surface area contributed by atoms with Gasteiger partial charge in [-0.1, -0.05) is 12.1 Å². The Morgan fingerprint density at radius 3 is 2.73 bits per heavy atom. The van der Waals surface area contributed by atoms with Crippen LogP contribution in [0.1, 0.15) is 5.56 Å². The molecular formula is C11H14N2O2. The van der Waals surface area contributed by atoms with E-state index in [9.17, 15) is 0 Å². The highest BCUT2D eigenvalue weighted by atomic mass is 16.5. The van der Waals surface area contributed by atoms with Crippen LogP contribution < -0.4 is 5.73 Å². The quantitative estimate of drug-likeness (QED) is 0.764. The normalized spacial score (nSPS) is 19.8. The highest BCUT2D eigenvalue weighted by molar-refractivity contribution is 5.79. The van der Waals surface area contributed by atoms with Crippen LogP contribution in [0, 0.1) is 0 Å². The van der Waals surface area contributed by atoms with Crippen LogP contribution in [0.25, 0.3) is 0 Å². The minimum Gasteiger partial charge on any atom is -0.508 e. The summed E-state index contributed by atoms with van der Waals surface area (Å²) < 4.78 is 5.29. The molecule has 0 bridgehead atoms. The van der Waals surface area contributed by atoms with Crippen molar-refractivity contribution in [1.29, 1.82) is 0 Å². The van der Waals surface area contributed by atoms with Gasteiger partial charge in [0.2, 0.25) is 0 Å². The minimum absolute atomic E-state index is 0.160. The molecule has 15 heavy (non-hydrogen) atoms. The van der Waals surface area contributed by atoms with Crippen LogP contribution in [-0.2, 0) is 11.2 Å². The van der Waals surface area contributed by atoms with Gasteiger partial charge in [-0.15, -0.1) is 0 Å². The summed E-state index contributed by atoms with van der Waals surface area (Å²) in [6, 6.07) is 7.31. The van der Waals surface area contributed by atoms with Gasteiger partial charge in [0.1, 0.15) is 12.4 Å². The number of aromatic hydroxyl groups is 1. The third-order valence-corrected chi connectivity index (χ3v) is 2.35. The first kappa shape index (κ1) is 9.98. The van der Waals surface area contributed by atoms with E-state index in [2.05, 4.69) is 4.99 Å². The Morgan fingerprint density at radius 2 is 2.13 bits per heavy atom. The van der Waals surface area contributed by atoms with E-state index in [1.54, 1.807) is 12.1 Å². The Bertz CT molecular complexity index is 359. The molecule has 4 nitrogen and oxygen atoms in total. The van der Waals surface area contributed by atoms with Gasteiger partial charge in [0.25, 0.3) is 0 Å². The number of aliphatic imine (C=N–C) groups is 1. The number of rotatable bonds is 3. The number of phenolic OH excluding ortho intramolecular Hbond substituents is 1. The lowest BCUT2D eigenvalue weighted by atomic mass is 10.1. The number of ether oxygens (including phenoxy) is 1. The Balaban J connectivity index is 1.98. The van der Waals surface area contributed by atoms with E-state index < -0.39 is 0 Å². The van der Waals surface area contributed by atoms with Crippen LogP contribution in [0.5, 0.6) is 5.75 Å².